The van der Waals surface area contributed by atoms with Crippen LogP contribution in [0.25, 0.3) is 0 Å². The Kier molecular flexibility index (Phi) is 2.84. The number of para-hydroxylation sites is 1. The van der Waals surface area contributed by atoms with Gasteiger partial charge in [-0.3, -0.25) is 0 Å². The zero-order chi connectivity index (χ0) is 16.1. The third-order valence-corrected chi connectivity index (χ3v) is 5.65. The van der Waals surface area contributed by atoms with Crippen molar-refractivity contribution in [3.8, 4) is 0 Å². The second-order valence-corrected chi connectivity index (χ2v) is 6.81. The van der Waals surface area contributed by atoms with Crippen LogP contribution in [0.2, 0.25) is 0 Å². The Morgan fingerprint density at radius 2 is 1.88 bits per heavy atom. The Morgan fingerprint density at radius 1 is 1.08 bits per heavy atom. The molecule has 2 aromatic rings. The molecule has 2 aromatic carbocycles. The average molecular weight is 318 g/mol. The first-order valence-corrected chi connectivity index (χ1v) is 8.50. The van der Waals surface area contributed by atoms with Gasteiger partial charge in [-0.15, -0.1) is 0 Å². The molecule has 0 N–H and O–H groups in total. The first-order chi connectivity index (χ1) is 11.8. The van der Waals surface area contributed by atoms with Crippen LogP contribution in [0.4, 0.5) is 5.69 Å². The Labute approximate surface area is 140 Å². The summed E-state index contributed by atoms with van der Waals surface area (Å²) in [6.07, 6.45) is 2.75. The van der Waals surface area contributed by atoms with Crippen LogP contribution in [0.15, 0.2) is 59.8 Å². The molecule has 3 aliphatic rings. The minimum Gasteiger partial charge on any atom is -0.367 e. The van der Waals surface area contributed by atoms with E-state index < -0.39 is 5.41 Å². The molecule has 0 saturated carbocycles. The lowest BCUT2D eigenvalue weighted by molar-refractivity contribution is -0.149. The van der Waals surface area contributed by atoms with Crippen molar-refractivity contribution >= 4 is 17.4 Å². The second-order valence-electron chi connectivity index (χ2n) is 6.81. The lowest BCUT2D eigenvalue weighted by Crippen LogP contribution is -2.56. The van der Waals surface area contributed by atoms with E-state index in [4.69, 9.17) is 4.84 Å². The number of oxime groups is 1. The van der Waals surface area contributed by atoms with E-state index in [0.717, 1.165) is 30.7 Å². The summed E-state index contributed by atoms with van der Waals surface area (Å²) in [7, 11) is 0. The molecule has 120 valence electrons. The van der Waals surface area contributed by atoms with Gasteiger partial charge in [0, 0.05) is 17.8 Å². The van der Waals surface area contributed by atoms with Gasteiger partial charge < -0.3 is 9.74 Å². The molecule has 0 aromatic heterocycles. The Hall–Kier alpha value is -2.62. The van der Waals surface area contributed by atoms with Crippen LogP contribution in [0.5, 0.6) is 0 Å². The predicted octanol–water partition coefficient (Wildman–Crippen LogP) is 3.16. The third kappa shape index (κ3) is 1.68. The summed E-state index contributed by atoms with van der Waals surface area (Å²) in [5.74, 6) is -0.201. The highest BCUT2D eigenvalue weighted by molar-refractivity contribution is 6.19. The molecule has 5 rings (SSSR count). The second kappa shape index (κ2) is 4.94. The van der Waals surface area contributed by atoms with Crippen molar-refractivity contribution in [3.05, 3.63) is 65.7 Å². The minimum absolute atomic E-state index is 0.126. The van der Waals surface area contributed by atoms with E-state index in [1.165, 1.54) is 11.3 Å². The molecule has 3 aliphatic heterocycles. The van der Waals surface area contributed by atoms with E-state index >= 15 is 0 Å². The van der Waals surface area contributed by atoms with Crippen LogP contribution in [0.3, 0.4) is 0 Å². The van der Waals surface area contributed by atoms with Crippen molar-refractivity contribution in [2.75, 3.05) is 11.4 Å². The van der Waals surface area contributed by atoms with Gasteiger partial charge in [-0.25, -0.2) is 4.79 Å². The molecule has 1 spiro atoms. The fourth-order valence-corrected chi connectivity index (χ4v) is 4.63. The number of hydrogen-bond acceptors (Lipinski definition) is 4. The average Bonchev–Trinajstić information content (AvgIpc) is 3.23. The van der Waals surface area contributed by atoms with Gasteiger partial charge in [0.2, 0.25) is 0 Å². The number of hydrogen-bond donors (Lipinski definition) is 0. The molecule has 0 unspecified atom stereocenters. The quantitative estimate of drug-likeness (QED) is 0.759. The van der Waals surface area contributed by atoms with Gasteiger partial charge >= 0.3 is 5.97 Å². The molecule has 0 amide bonds. The van der Waals surface area contributed by atoms with Gasteiger partial charge in [-0.2, -0.15) is 0 Å². The van der Waals surface area contributed by atoms with E-state index in [9.17, 15) is 4.79 Å². The molecule has 1 saturated heterocycles. The number of carbonyl (C=O) groups excluding carboxylic acids is 1. The third-order valence-electron chi connectivity index (χ3n) is 5.65. The van der Waals surface area contributed by atoms with Crippen LogP contribution in [0, 0.1) is 5.41 Å². The maximum atomic E-state index is 12.9. The molecule has 0 bridgehead atoms. The molecule has 24 heavy (non-hydrogen) atoms. The summed E-state index contributed by atoms with van der Waals surface area (Å²) in [6.45, 7) is 0.985. The molecule has 2 atom stereocenters. The van der Waals surface area contributed by atoms with Gasteiger partial charge in [0.25, 0.3) is 0 Å². The summed E-state index contributed by atoms with van der Waals surface area (Å²) >= 11 is 0. The smallest absolute Gasteiger partial charge is 0.349 e. The van der Waals surface area contributed by atoms with Crippen molar-refractivity contribution in [2.45, 2.75) is 25.3 Å². The lowest BCUT2D eigenvalue weighted by Gasteiger charge is -2.44. The predicted molar refractivity (Wildman–Crippen MR) is 92.0 cm³/mol. The van der Waals surface area contributed by atoms with Gasteiger partial charge in [-0.05, 0) is 30.9 Å². The van der Waals surface area contributed by atoms with E-state index in [1.54, 1.807) is 0 Å². The molecular formula is C20H18N2O2. The van der Waals surface area contributed by atoms with Crippen LogP contribution in [-0.4, -0.2) is 24.3 Å². The van der Waals surface area contributed by atoms with E-state index in [1.807, 2.05) is 36.4 Å². The molecule has 4 heteroatoms. The summed E-state index contributed by atoms with van der Waals surface area (Å²) in [4.78, 5) is 20.6. The number of anilines is 1. The zero-order valence-electron chi connectivity index (χ0n) is 13.3. The highest BCUT2D eigenvalue weighted by atomic mass is 16.7. The largest absolute Gasteiger partial charge is 0.367 e. The minimum atomic E-state index is -0.688. The van der Waals surface area contributed by atoms with Crippen LogP contribution < -0.4 is 4.90 Å². The first-order valence-electron chi connectivity index (χ1n) is 8.50. The number of fused-ring (bicyclic) bond motifs is 4. The lowest BCUT2D eigenvalue weighted by atomic mass is 9.67. The molecular weight excluding hydrogens is 300 g/mol. The highest BCUT2D eigenvalue weighted by Crippen LogP contribution is 2.50. The Bertz CT molecular complexity index is 846. The molecule has 1 fully saturated rings. The zero-order valence-corrected chi connectivity index (χ0v) is 13.3. The van der Waals surface area contributed by atoms with Crippen molar-refractivity contribution in [1.82, 2.24) is 0 Å². The van der Waals surface area contributed by atoms with Crippen LogP contribution >= 0.6 is 0 Å². The van der Waals surface area contributed by atoms with Crippen molar-refractivity contribution in [2.24, 2.45) is 10.6 Å². The van der Waals surface area contributed by atoms with Gasteiger partial charge in [0.1, 0.15) is 11.1 Å². The maximum absolute atomic E-state index is 12.9. The van der Waals surface area contributed by atoms with Gasteiger partial charge in [-0.1, -0.05) is 53.7 Å². The van der Waals surface area contributed by atoms with E-state index in [0.29, 0.717) is 6.42 Å². The van der Waals surface area contributed by atoms with Crippen LogP contribution in [0.1, 0.15) is 24.0 Å². The standard InChI is InChI=1S/C20H18N2O2/c23-19-20(18(21-24-19)14-7-2-1-3-8-14)13-15-9-4-5-10-16(15)22-12-6-11-17(20)22/h1-5,7-10,17H,6,11-13H2/t17-,20+/m1/s1. The Morgan fingerprint density at radius 3 is 2.75 bits per heavy atom. The normalized spacial score (nSPS) is 27.7. The van der Waals surface area contributed by atoms with Crippen molar-refractivity contribution in [1.29, 1.82) is 0 Å². The number of carbonyl (C=O) groups is 1. The van der Waals surface area contributed by atoms with Crippen molar-refractivity contribution in [3.63, 3.8) is 0 Å². The molecule has 0 radical (unpaired) electrons. The number of nitrogens with zero attached hydrogens (tertiary/aromatic N) is 2. The SMILES string of the molecule is O=C1ON=C(c2ccccc2)[C@@]12Cc1ccccc1N1CCC[C@@H]12. The number of rotatable bonds is 1. The van der Waals surface area contributed by atoms with E-state index in [-0.39, 0.29) is 12.0 Å². The monoisotopic (exact) mass is 318 g/mol. The van der Waals surface area contributed by atoms with Crippen molar-refractivity contribution < 1.29 is 9.63 Å². The first kappa shape index (κ1) is 13.8. The summed E-state index contributed by atoms with van der Waals surface area (Å²) in [6, 6.07) is 18.5. The molecule has 0 aliphatic carbocycles. The van der Waals surface area contributed by atoms with E-state index in [2.05, 4.69) is 28.3 Å². The summed E-state index contributed by atoms with van der Waals surface area (Å²) in [5, 5.41) is 4.24. The molecule has 3 heterocycles. The van der Waals surface area contributed by atoms with Gasteiger partial charge in [0.05, 0.1) is 6.04 Å². The fraction of sp³-hybridized carbons (Fsp3) is 0.300. The fourth-order valence-electron chi connectivity index (χ4n) is 4.63. The van der Waals surface area contributed by atoms with Gasteiger partial charge in [0.15, 0.2) is 0 Å². The number of benzene rings is 2. The molecule has 4 nitrogen and oxygen atoms in total. The summed E-state index contributed by atoms with van der Waals surface area (Å²) < 4.78 is 0. The highest BCUT2D eigenvalue weighted by Gasteiger charge is 2.60. The Balaban J connectivity index is 1.71. The summed E-state index contributed by atoms with van der Waals surface area (Å²) in [5.41, 5.74) is 3.55. The topological polar surface area (TPSA) is 41.9 Å². The van der Waals surface area contributed by atoms with Crippen LogP contribution in [-0.2, 0) is 16.1 Å². The maximum Gasteiger partial charge on any atom is 0.349 e.